The largest absolute Gasteiger partial charge is 0.384 e. The van der Waals surface area contributed by atoms with Gasteiger partial charge in [-0.25, -0.2) is 0 Å². The number of hydrogen-bond donors (Lipinski definition) is 1. The van der Waals surface area contributed by atoms with Crippen LogP contribution in [0.4, 0.5) is 5.69 Å². The van der Waals surface area contributed by atoms with Gasteiger partial charge in [0.15, 0.2) is 0 Å². The van der Waals surface area contributed by atoms with Crippen LogP contribution in [0.25, 0.3) is 0 Å². The van der Waals surface area contributed by atoms with E-state index < -0.39 is 10.8 Å². The lowest BCUT2D eigenvalue weighted by Gasteiger charge is -2.06. The molecule has 1 aromatic carbocycles. The molecule has 1 atom stereocenters. The standard InChI is InChI=1S/C10H11BrN2OS/c1-15(14)3-2-13-10-5-8(7-12)4-9(11)6-10/h4-6,13H,2-3H2,1H3. The van der Waals surface area contributed by atoms with Crippen LogP contribution in [0.3, 0.4) is 0 Å². The highest BCUT2D eigenvalue weighted by molar-refractivity contribution is 9.10. The molecular weight excluding hydrogens is 276 g/mol. The molecule has 1 N–H and O–H groups in total. The molecule has 3 nitrogen and oxygen atoms in total. The molecular formula is C10H11BrN2OS. The second-order valence-electron chi connectivity index (χ2n) is 3.04. The highest BCUT2D eigenvalue weighted by atomic mass is 79.9. The molecule has 0 aliphatic rings. The van der Waals surface area contributed by atoms with Crippen molar-refractivity contribution in [1.82, 2.24) is 0 Å². The number of halogens is 1. The lowest BCUT2D eigenvalue weighted by molar-refractivity contribution is 0.687. The molecule has 0 saturated heterocycles. The van der Waals surface area contributed by atoms with Gasteiger partial charge in [-0.05, 0) is 18.2 Å². The zero-order valence-electron chi connectivity index (χ0n) is 8.29. The van der Waals surface area contributed by atoms with Crippen LogP contribution >= 0.6 is 15.9 Å². The second kappa shape index (κ2) is 5.89. The minimum atomic E-state index is -0.791. The van der Waals surface area contributed by atoms with Gasteiger partial charge in [-0.15, -0.1) is 0 Å². The zero-order chi connectivity index (χ0) is 11.3. The quantitative estimate of drug-likeness (QED) is 0.922. The number of benzene rings is 1. The summed E-state index contributed by atoms with van der Waals surface area (Å²) in [4.78, 5) is 0. The molecule has 0 spiro atoms. The Morgan fingerprint density at radius 1 is 1.53 bits per heavy atom. The van der Waals surface area contributed by atoms with E-state index in [0.29, 0.717) is 17.9 Å². The molecule has 0 aliphatic heterocycles. The smallest absolute Gasteiger partial charge is 0.0992 e. The summed E-state index contributed by atoms with van der Waals surface area (Å²) in [6.07, 6.45) is 1.67. The fourth-order valence-electron chi connectivity index (χ4n) is 1.10. The first-order valence-electron chi connectivity index (χ1n) is 4.36. The first-order chi connectivity index (χ1) is 7.11. The zero-order valence-corrected chi connectivity index (χ0v) is 10.7. The summed E-state index contributed by atoms with van der Waals surface area (Å²) in [7, 11) is -0.791. The fourth-order valence-corrected chi connectivity index (χ4v) is 1.98. The molecule has 0 heterocycles. The van der Waals surface area contributed by atoms with Crippen molar-refractivity contribution in [3.8, 4) is 6.07 Å². The highest BCUT2D eigenvalue weighted by Crippen LogP contribution is 2.18. The highest BCUT2D eigenvalue weighted by Gasteiger charge is 1.98. The minimum Gasteiger partial charge on any atom is -0.384 e. The number of rotatable bonds is 4. The average molecular weight is 287 g/mol. The lowest BCUT2D eigenvalue weighted by Crippen LogP contribution is -2.09. The summed E-state index contributed by atoms with van der Waals surface area (Å²) in [6, 6.07) is 7.49. The van der Waals surface area contributed by atoms with Gasteiger partial charge in [-0.3, -0.25) is 4.21 Å². The Morgan fingerprint density at radius 3 is 2.87 bits per heavy atom. The average Bonchev–Trinajstić information content (AvgIpc) is 2.16. The Bertz CT molecular complexity index is 414. The summed E-state index contributed by atoms with van der Waals surface area (Å²) in [5.41, 5.74) is 1.47. The maximum atomic E-state index is 10.8. The van der Waals surface area contributed by atoms with E-state index >= 15 is 0 Å². The minimum absolute atomic E-state index is 0.601. The van der Waals surface area contributed by atoms with Crippen LogP contribution in [0.1, 0.15) is 5.56 Å². The third-order valence-corrected chi connectivity index (χ3v) is 2.98. The molecule has 0 aromatic heterocycles. The second-order valence-corrected chi connectivity index (χ2v) is 5.51. The monoisotopic (exact) mass is 286 g/mol. The van der Waals surface area contributed by atoms with Crippen LogP contribution in [0.2, 0.25) is 0 Å². The van der Waals surface area contributed by atoms with E-state index in [2.05, 4.69) is 27.3 Å². The van der Waals surface area contributed by atoms with Gasteiger partial charge in [0, 0.05) is 39.5 Å². The van der Waals surface area contributed by atoms with Crippen LogP contribution in [-0.2, 0) is 10.8 Å². The topological polar surface area (TPSA) is 52.9 Å². The normalized spacial score (nSPS) is 11.8. The summed E-state index contributed by atoms with van der Waals surface area (Å²) in [5.74, 6) is 0.606. The maximum Gasteiger partial charge on any atom is 0.0992 e. The molecule has 1 rings (SSSR count). The molecule has 0 fully saturated rings. The first-order valence-corrected chi connectivity index (χ1v) is 6.88. The molecule has 1 unspecified atom stereocenters. The number of nitriles is 1. The van der Waals surface area contributed by atoms with Crippen molar-refractivity contribution in [3.63, 3.8) is 0 Å². The van der Waals surface area contributed by atoms with Crippen LogP contribution in [-0.4, -0.2) is 22.8 Å². The molecule has 0 aliphatic carbocycles. The Balaban J connectivity index is 2.65. The van der Waals surface area contributed by atoms with Gasteiger partial charge in [0.2, 0.25) is 0 Å². The molecule has 0 saturated carbocycles. The maximum absolute atomic E-state index is 10.8. The van der Waals surface area contributed by atoms with Gasteiger partial charge in [0.05, 0.1) is 11.6 Å². The SMILES string of the molecule is CS(=O)CCNc1cc(Br)cc(C#N)c1. The molecule has 0 radical (unpaired) electrons. The predicted octanol–water partition coefficient (Wildman–Crippen LogP) is 2.11. The molecule has 80 valence electrons. The van der Waals surface area contributed by atoms with E-state index in [1.807, 2.05) is 6.07 Å². The van der Waals surface area contributed by atoms with Crippen LogP contribution in [0.15, 0.2) is 22.7 Å². The van der Waals surface area contributed by atoms with Crippen molar-refractivity contribution in [2.75, 3.05) is 23.9 Å². The van der Waals surface area contributed by atoms with Crippen molar-refractivity contribution in [2.24, 2.45) is 0 Å². The number of nitrogens with one attached hydrogen (secondary N) is 1. The van der Waals surface area contributed by atoms with Gasteiger partial charge in [-0.2, -0.15) is 5.26 Å². The van der Waals surface area contributed by atoms with Crippen molar-refractivity contribution < 1.29 is 4.21 Å². The molecule has 15 heavy (non-hydrogen) atoms. The van der Waals surface area contributed by atoms with Gasteiger partial charge in [-0.1, -0.05) is 15.9 Å². The Morgan fingerprint density at radius 2 is 2.27 bits per heavy atom. The van der Waals surface area contributed by atoms with Crippen LogP contribution in [0.5, 0.6) is 0 Å². The molecule has 5 heteroatoms. The van der Waals surface area contributed by atoms with Gasteiger partial charge < -0.3 is 5.32 Å². The van der Waals surface area contributed by atoms with E-state index in [-0.39, 0.29) is 0 Å². The van der Waals surface area contributed by atoms with Crippen molar-refractivity contribution in [2.45, 2.75) is 0 Å². The summed E-state index contributed by atoms with van der Waals surface area (Å²) in [6.45, 7) is 0.643. The molecule has 0 amide bonds. The van der Waals surface area contributed by atoms with E-state index in [1.165, 1.54) is 0 Å². The third-order valence-electron chi connectivity index (χ3n) is 1.75. The van der Waals surface area contributed by atoms with Crippen molar-refractivity contribution >= 4 is 32.4 Å². The fraction of sp³-hybridized carbons (Fsp3) is 0.300. The Hall–Kier alpha value is -0.860. The van der Waals surface area contributed by atoms with Crippen molar-refractivity contribution in [3.05, 3.63) is 28.2 Å². The van der Waals surface area contributed by atoms with Crippen LogP contribution < -0.4 is 5.32 Å². The number of nitrogens with zero attached hydrogens (tertiary/aromatic N) is 1. The number of anilines is 1. The first kappa shape index (κ1) is 12.2. The predicted molar refractivity (Wildman–Crippen MR) is 66.3 cm³/mol. The van der Waals surface area contributed by atoms with Gasteiger partial charge >= 0.3 is 0 Å². The summed E-state index contributed by atoms with van der Waals surface area (Å²) < 4.78 is 11.7. The Labute approximate surface area is 100 Å². The summed E-state index contributed by atoms with van der Waals surface area (Å²) >= 11 is 3.32. The molecule has 0 bridgehead atoms. The van der Waals surface area contributed by atoms with Gasteiger partial charge in [0.1, 0.15) is 0 Å². The third kappa shape index (κ3) is 4.45. The van der Waals surface area contributed by atoms with E-state index in [4.69, 9.17) is 5.26 Å². The van der Waals surface area contributed by atoms with E-state index in [1.54, 1.807) is 18.4 Å². The summed E-state index contributed by atoms with van der Waals surface area (Å²) in [5, 5.41) is 11.9. The lowest BCUT2D eigenvalue weighted by atomic mass is 10.2. The molecule has 1 aromatic rings. The Kier molecular flexibility index (Phi) is 4.79. The number of hydrogen-bond acceptors (Lipinski definition) is 3. The van der Waals surface area contributed by atoms with Gasteiger partial charge in [0.25, 0.3) is 0 Å². The van der Waals surface area contributed by atoms with E-state index in [0.717, 1.165) is 10.2 Å². The van der Waals surface area contributed by atoms with Crippen molar-refractivity contribution in [1.29, 1.82) is 5.26 Å². The van der Waals surface area contributed by atoms with E-state index in [9.17, 15) is 4.21 Å². The van der Waals surface area contributed by atoms with Crippen LogP contribution in [0, 0.1) is 11.3 Å².